The van der Waals surface area contributed by atoms with Crippen LogP contribution in [0.15, 0.2) is 59.9 Å². The number of hydrogen-bond donors (Lipinski definition) is 1. The molecule has 0 saturated heterocycles. The molecular formula is C25H26Cl2N3O6+. The standard InChI is InChI=1S/C25H25Cl2N3O6/c1-25(2,3)36-23(32)29(4)13-11-21-28-12-14-30(21,24(33)34)17-6-8-18(9-7-17)35-22(31)16-5-10-19(26)20(27)15-16/h5-10,12,14-15H,11,13H2,1-4H3/p+1. The summed E-state index contributed by atoms with van der Waals surface area (Å²) in [5.41, 5.74) is -0.0679. The summed E-state index contributed by atoms with van der Waals surface area (Å²) in [4.78, 5) is 42.8. The van der Waals surface area contributed by atoms with E-state index in [1.807, 2.05) is 0 Å². The molecule has 1 aliphatic heterocycles. The van der Waals surface area contributed by atoms with Gasteiger partial charge in [-0.1, -0.05) is 23.2 Å². The monoisotopic (exact) mass is 534 g/mol. The smallest absolute Gasteiger partial charge is 0.444 e. The molecule has 0 saturated carbocycles. The third-order valence-electron chi connectivity index (χ3n) is 5.21. The Bertz CT molecular complexity index is 1240. The molecule has 11 heteroatoms. The maximum Gasteiger partial charge on any atom is 0.529 e. The van der Waals surface area contributed by atoms with Gasteiger partial charge < -0.3 is 19.5 Å². The molecule has 2 aromatic rings. The van der Waals surface area contributed by atoms with Crippen molar-refractivity contribution >= 4 is 52.9 Å². The number of rotatable bonds is 6. The first-order chi connectivity index (χ1) is 16.8. The Hall–Kier alpha value is -3.40. The summed E-state index contributed by atoms with van der Waals surface area (Å²) in [7, 11) is 1.57. The lowest BCUT2D eigenvalue weighted by Gasteiger charge is -2.28. The summed E-state index contributed by atoms with van der Waals surface area (Å²) in [6.07, 6.45) is 1.33. The van der Waals surface area contributed by atoms with Gasteiger partial charge in [0.25, 0.3) is 0 Å². The Balaban J connectivity index is 1.75. The zero-order valence-corrected chi connectivity index (χ0v) is 21.7. The van der Waals surface area contributed by atoms with Crippen molar-refractivity contribution in [2.24, 2.45) is 4.99 Å². The molecular weight excluding hydrogens is 509 g/mol. The highest BCUT2D eigenvalue weighted by molar-refractivity contribution is 6.42. The largest absolute Gasteiger partial charge is 0.529 e. The van der Waals surface area contributed by atoms with Gasteiger partial charge in [0.05, 0.1) is 28.2 Å². The SMILES string of the molecule is CN(CCC1=NC=C[N+]1(C(=O)O)c1ccc(OC(=O)c2ccc(Cl)c(Cl)c2)cc1)C(=O)OC(C)(C)C. The van der Waals surface area contributed by atoms with Crippen molar-refractivity contribution in [1.29, 1.82) is 0 Å². The Morgan fingerprint density at radius 2 is 1.72 bits per heavy atom. The fourth-order valence-corrected chi connectivity index (χ4v) is 3.69. The van der Waals surface area contributed by atoms with Crippen molar-refractivity contribution in [3.8, 4) is 5.75 Å². The van der Waals surface area contributed by atoms with Crippen molar-refractivity contribution in [2.75, 3.05) is 13.6 Å². The van der Waals surface area contributed by atoms with Crippen LogP contribution < -0.4 is 9.22 Å². The summed E-state index contributed by atoms with van der Waals surface area (Å²) in [6.45, 7) is 5.49. The van der Waals surface area contributed by atoms with Crippen LogP contribution in [0.1, 0.15) is 37.6 Å². The summed E-state index contributed by atoms with van der Waals surface area (Å²) >= 11 is 11.8. The van der Waals surface area contributed by atoms with Gasteiger partial charge >= 0.3 is 18.2 Å². The molecule has 0 bridgehead atoms. The first kappa shape index (κ1) is 27.2. The lowest BCUT2D eigenvalue weighted by molar-refractivity contribution is 0.0302. The highest BCUT2D eigenvalue weighted by Crippen LogP contribution is 2.32. The second-order valence-electron chi connectivity index (χ2n) is 9.01. The average Bonchev–Trinajstić information content (AvgIpc) is 3.23. The van der Waals surface area contributed by atoms with E-state index in [9.17, 15) is 19.5 Å². The molecule has 1 atom stereocenters. The molecule has 1 unspecified atom stereocenters. The number of halogens is 2. The molecule has 9 nitrogen and oxygen atoms in total. The van der Waals surface area contributed by atoms with E-state index in [1.54, 1.807) is 27.8 Å². The van der Waals surface area contributed by atoms with Crippen LogP contribution in [-0.4, -0.2) is 53.2 Å². The predicted molar refractivity (Wildman–Crippen MR) is 138 cm³/mol. The Kier molecular flexibility index (Phi) is 8.08. The summed E-state index contributed by atoms with van der Waals surface area (Å²) in [6, 6.07) is 10.4. The number of carbonyl (C=O) groups excluding carboxylic acids is 2. The van der Waals surface area contributed by atoms with Crippen molar-refractivity contribution in [3.05, 3.63) is 70.5 Å². The number of amidine groups is 1. The minimum Gasteiger partial charge on any atom is -0.444 e. The number of carboxylic acid groups (broad SMARTS) is 1. The predicted octanol–water partition coefficient (Wildman–Crippen LogP) is 6.34. The highest BCUT2D eigenvalue weighted by Gasteiger charge is 2.46. The van der Waals surface area contributed by atoms with Crippen LogP contribution in [0.2, 0.25) is 10.0 Å². The van der Waals surface area contributed by atoms with E-state index in [1.165, 1.54) is 59.8 Å². The first-order valence-corrected chi connectivity index (χ1v) is 11.7. The fraction of sp³-hybridized carbons (Fsp3) is 0.280. The molecule has 0 fully saturated rings. The molecule has 0 aliphatic carbocycles. The molecule has 0 aromatic heterocycles. The van der Waals surface area contributed by atoms with E-state index in [0.29, 0.717) is 16.5 Å². The lowest BCUT2D eigenvalue weighted by Crippen LogP contribution is -2.52. The number of hydrogen-bond acceptors (Lipinski definition) is 6. The number of carbonyl (C=O) groups is 3. The number of nitrogens with zero attached hydrogens (tertiary/aromatic N) is 3. The van der Waals surface area contributed by atoms with Crippen molar-refractivity contribution < 1.29 is 29.0 Å². The van der Waals surface area contributed by atoms with Crippen LogP contribution >= 0.6 is 23.2 Å². The van der Waals surface area contributed by atoms with E-state index >= 15 is 0 Å². The van der Waals surface area contributed by atoms with Crippen LogP contribution in [-0.2, 0) is 4.74 Å². The second kappa shape index (κ2) is 10.7. The Morgan fingerprint density at radius 3 is 2.31 bits per heavy atom. The van der Waals surface area contributed by atoms with Crippen LogP contribution in [0.25, 0.3) is 0 Å². The fourth-order valence-electron chi connectivity index (χ4n) is 3.39. The minimum absolute atomic E-state index is 0.184. The maximum atomic E-state index is 12.4. The van der Waals surface area contributed by atoms with Crippen LogP contribution in [0, 0.1) is 0 Å². The maximum absolute atomic E-state index is 12.4. The molecule has 0 spiro atoms. The van der Waals surface area contributed by atoms with E-state index in [0.717, 1.165) is 0 Å². The molecule has 2 amide bonds. The van der Waals surface area contributed by atoms with Crippen molar-refractivity contribution in [2.45, 2.75) is 32.8 Å². The third-order valence-corrected chi connectivity index (χ3v) is 5.95. The Labute approximate surface area is 218 Å². The number of benzene rings is 2. The molecule has 190 valence electrons. The van der Waals surface area contributed by atoms with Gasteiger partial charge in [0.2, 0.25) is 5.84 Å². The normalized spacial score (nSPS) is 16.9. The molecule has 1 aliphatic rings. The Morgan fingerprint density at radius 1 is 1.06 bits per heavy atom. The summed E-state index contributed by atoms with van der Waals surface area (Å²) in [5, 5.41) is 10.7. The van der Waals surface area contributed by atoms with E-state index in [4.69, 9.17) is 32.7 Å². The molecule has 2 aromatic carbocycles. The van der Waals surface area contributed by atoms with E-state index in [2.05, 4.69) is 4.99 Å². The summed E-state index contributed by atoms with van der Waals surface area (Å²) in [5.74, 6) is -0.125. The van der Waals surface area contributed by atoms with Gasteiger partial charge in [-0.3, -0.25) is 0 Å². The molecule has 36 heavy (non-hydrogen) atoms. The molecule has 1 N–H and O–H groups in total. The van der Waals surface area contributed by atoms with Gasteiger partial charge in [0, 0.05) is 25.7 Å². The molecule has 0 radical (unpaired) electrons. The van der Waals surface area contributed by atoms with E-state index in [-0.39, 0.29) is 29.3 Å². The van der Waals surface area contributed by atoms with Gasteiger partial charge in [0.15, 0.2) is 5.69 Å². The number of ether oxygens (including phenoxy) is 2. The quantitative estimate of drug-likeness (QED) is 0.263. The van der Waals surface area contributed by atoms with Crippen molar-refractivity contribution in [3.63, 3.8) is 0 Å². The number of aliphatic imine (C=N–C) groups is 1. The van der Waals surface area contributed by atoms with Crippen LogP contribution in [0.4, 0.5) is 15.3 Å². The minimum atomic E-state index is -1.18. The van der Waals surface area contributed by atoms with Gasteiger partial charge in [0.1, 0.15) is 17.6 Å². The van der Waals surface area contributed by atoms with Gasteiger partial charge in [-0.05, 0) is 51.1 Å². The lowest BCUT2D eigenvalue weighted by atomic mass is 10.2. The number of esters is 1. The van der Waals surface area contributed by atoms with Crippen molar-refractivity contribution in [1.82, 2.24) is 9.38 Å². The summed E-state index contributed by atoms with van der Waals surface area (Å²) < 4.78 is 10.0. The zero-order valence-electron chi connectivity index (χ0n) is 20.2. The zero-order chi connectivity index (χ0) is 26.7. The molecule has 1 heterocycles. The first-order valence-electron chi connectivity index (χ1n) is 10.9. The van der Waals surface area contributed by atoms with Crippen LogP contribution in [0.5, 0.6) is 5.75 Å². The number of amides is 2. The van der Waals surface area contributed by atoms with E-state index < -0.39 is 28.2 Å². The third kappa shape index (κ3) is 6.04. The van der Waals surface area contributed by atoms with Gasteiger partial charge in [-0.2, -0.15) is 4.79 Å². The van der Waals surface area contributed by atoms with Crippen LogP contribution in [0.3, 0.4) is 0 Å². The number of quaternary nitrogens is 1. The van der Waals surface area contributed by atoms with Gasteiger partial charge in [-0.15, -0.1) is 4.48 Å². The molecule has 3 rings (SSSR count). The highest BCUT2D eigenvalue weighted by atomic mass is 35.5. The topological polar surface area (TPSA) is 106 Å². The second-order valence-corrected chi connectivity index (χ2v) is 9.83. The average molecular weight is 535 g/mol. The van der Waals surface area contributed by atoms with Gasteiger partial charge in [-0.25, -0.2) is 14.6 Å².